The lowest BCUT2D eigenvalue weighted by Crippen LogP contribution is -3.00. The van der Waals surface area contributed by atoms with Crippen LogP contribution in [0.2, 0.25) is 0 Å². The van der Waals surface area contributed by atoms with E-state index in [2.05, 4.69) is 60.7 Å². The average molecular weight is 276 g/mol. The lowest BCUT2D eigenvalue weighted by atomic mass is 10.3. The van der Waals surface area contributed by atoms with Gasteiger partial charge in [0.25, 0.3) is 0 Å². The van der Waals surface area contributed by atoms with Gasteiger partial charge in [-0.2, -0.15) is 0 Å². The van der Waals surface area contributed by atoms with Gasteiger partial charge in [-0.15, -0.1) is 0 Å². The predicted molar refractivity (Wildman–Crippen MR) is 57.9 cm³/mol. The van der Waals surface area contributed by atoms with Crippen molar-refractivity contribution >= 4 is 0 Å². The molecule has 0 aliphatic carbocycles. The minimum atomic E-state index is 0. The first-order valence-electron chi connectivity index (χ1n) is 5.38. The molecule has 1 unspecified atom stereocenters. The van der Waals surface area contributed by atoms with Crippen molar-refractivity contribution < 1.29 is 21.5 Å². The molecular weight excluding hydrogens is 254 g/mol. The number of aromatic nitrogens is 2. The molecule has 0 aliphatic heterocycles. The standard InChI is InChI=1S/C11H22N3.BrH/c1-5-6-7-13-8-9-14(10-13)11(2)12(3)4;/h8-11H,5-7H2,1-4H3;1H/q+1;/p-1. The van der Waals surface area contributed by atoms with Gasteiger partial charge in [-0.05, 0) is 27.4 Å². The zero-order valence-electron chi connectivity index (χ0n) is 10.2. The number of unbranched alkanes of at least 4 members (excludes halogenated alkanes) is 1. The topological polar surface area (TPSA) is 12.0 Å². The van der Waals surface area contributed by atoms with E-state index in [0.29, 0.717) is 6.17 Å². The van der Waals surface area contributed by atoms with Crippen molar-refractivity contribution in [2.24, 2.45) is 0 Å². The monoisotopic (exact) mass is 275 g/mol. The third-order valence-electron chi connectivity index (χ3n) is 2.66. The zero-order chi connectivity index (χ0) is 10.6. The van der Waals surface area contributed by atoms with E-state index < -0.39 is 0 Å². The second-order valence-corrected chi connectivity index (χ2v) is 4.05. The van der Waals surface area contributed by atoms with Crippen LogP contribution < -0.4 is 21.5 Å². The number of aryl methyl sites for hydroxylation is 1. The number of nitrogens with zero attached hydrogens (tertiary/aromatic N) is 3. The molecule has 1 heterocycles. The van der Waals surface area contributed by atoms with Crippen LogP contribution in [0, 0.1) is 0 Å². The zero-order valence-corrected chi connectivity index (χ0v) is 11.7. The Hall–Kier alpha value is -0.350. The molecule has 88 valence electrons. The fraction of sp³-hybridized carbons (Fsp3) is 0.727. The second kappa shape index (κ2) is 7.01. The molecule has 4 heteroatoms. The van der Waals surface area contributed by atoms with Crippen molar-refractivity contribution in [3.8, 4) is 0 Å². The number of hydrogen-bond acceptors (Lipinski definition) is 1. The summed E-state index contributed by atoms with van der Waals surface area (Å²) in [5.74, 6) is 0. The maximum atomic E-state index is 2.25. The van der Waals surface area contributed by atoms with Gasteiger partial charge in [0.05, 0.1) is 6.54 Å². The summed E-state index contributed by atoms with van der Waals surface area (Å²) in [5.41, 5.74) is 0. The Balaban J connectivity index is 0.00000196. The third-order valence-corrected chi connectivity index (χ3v) is 2.66. The highest BCUT2D eigenvalue weighted by Gasteiger charge is 2.12. The van der Waals surface area contributed by atoms with E-state index in [0.717, 1.165) is 6.54 Å². The van der Waals surface area contributed by atoms with Gasteiger partial charge in [0.1, 0.15) is 12.4 Å². The number of hydrogen-bond donors (Lipinski definition) is 0. The summed E-state index contributed by atoms with van der Waals surface area (Å²) in [6.07, 6.45) is 9.40. The maximum absolute atomic E-state index is 2.25. The van der Waals surface area contributed by atoms with Crippen LogP contribution in [0.1, 0.15) is 32.9 Å². The molecule has 3 nitrogen and oxygen atoms in total. The van der Waals surface area contributed by atoms with Gasteiger partial charge in [-0.3, -0.25) is 4.90 Å². The molecule has 1 aromatic rings. The van der Waals surface area contributed by atoms with Crippen LogP contribution in [0.5, 0.6) is 0 Å². The van der Waals surface area contributed by atoms with Crippen molar-refractivity contribution in [1.29, 1.82) is 0 Å². The van der Waals surface area contributed by atoms with Crippen molar-refractivity contribution in [3.05, 3.63) is 18.7 Å². The Bertz CT molecular complexity index is 271. The molecule has 0 aliphatic rings. The summed E-state index contributed by atoms with van der Waals surface area (Å²) in [5, 5.41) is 0. The van der Waals surface area contributed by atoms with E-state index in [4.69, 9.17) is 0 Å². The summed E-state index contributed by atoms with van der Waals surface area (Å²) in [4.78, 5) is 2.20. The van der Waals surface area contributed by atoms with Crippen molar-refractivity contribution in [3.63, 3.8) is 0 Å². The van der Waals surface area contributed by atoms with E-state index in [1.807, 2.05) is 0 Å². The van der Waals surface area contributed by atoms with Gasteiger partial charge in [-0.25, -0.2) is 9.13 Å². The summed E-state index contributed by atoms with van der Waals surface area (Å²) in [7, 11) is 4.20. The Morgan fingerprint density at radius 1 is 1.40 bits per heavy atom. The Labute approximate surface area is 103 Å². The normalized spacial score (nSPS) is 12.6. The molecule has 1 atom stereocenters. The van der Waals surface area contributed by atoms with Crippen LogP contribution in [0.4, 0.5) is 0 Å². The Morgan fingerprint density at radius 2 is 2.07 bits per heavy atom. The molecule has 1 aromatic heterocycles. The van der Waals surface area contributed by atoms with E-state index in [1.54, 1.807) is 0 Å². The summed E-state index contributed by atoms with van der Waals surface area (Å²) >= 11 is 0. The molecule has 0 fully saturated rings. The molecule has 0 aromatic carbocycles. The molecule has 0 saturated heterocycles. The molecule has 0 spiro atoms. The van der Waals surface area contributed by atoms with Crippen molar-refractivity contribution in [1.82, 2.24) is 9.47 Å². The highest BCUT2D eigenvalue weighted by molar-refractivity contribution is 4.66. The quantitative estimate of drug-likeness (QED) is 0.606. The van der Waals surface area contributed by atoms with E-state index in [1.165, 1.54) is 12.8 Å². The van der Waals surface area contributed by atoms with Gasteiger partial charge < -0.3 is 17.0 Å². The van der Waals surface area contributed by atoms with Crippen LogP contribution in [-0.2, 0) is 6.54 Å². The molecule has 15 heavy (non-hydrogen) atoms. The SMILES string of the molecule is CCCCn1cc[n+](C(C)N(C)C)c1.[Br-]. The van der Waals surface area contributed by atoms with Crippen LogP contribution in [0.25, 0.3) is 0 Å². The second-order valence-electron chi connectivity index (χ2n) is 4.05. The van der Waals surface area contributed by atoms with Gasteiger partial charge >= 0.3 is 0 Å². The van der Waals surface area contributed by atoms with Gasteiger partial charge in [-0.1, -0.05) is 13.3 Å². The minimum absolute atomic E-state index is 0. The fourth-order valence-corrected chi connectivity index (χ4v) is 1.37. The first-order chi connectivity index (χ1) is 6.65. The number of imidazole rings is 1. The minimum Gasteiger partial charge on any atom is -1.00 e. The smallest absolute Gasteiger partial charge is 0.245 e. The summed E-state index contributed by atoms with van der Waals surface area (Å²) < 4.78 is 4.49. The van der Waals surface area contributed by atoms with Crippen LogP contribution in [-0.4, -0.2) is 23.6 Å². The molecule has 0 bridgehead atoms. The van der Waals surface area contributed by atoms with E-state index in [-0.39, 0.29) is 17.0 Å². The largest absolute Gasteiger partial charge is 1.00 e. The summed E-state index contributed by atoms with van der Waals surface area (Å²) in [6.45, 7) is 5.55. The van der Waals surface area contributed by atoms with Crippen LogP contribution in [0.3, 0.4) is 0 Å². The maximum Gasteiger partial charge on any atom is 0.245 e. The highest BCUT2D eigenvalue weighted by Crippen LogP contribution is 1.99. The van der Waals surface area contributed by atoms with Crippen LogP contribution >= 0.6 is 0 Å². The Morgan fingerprint density at radius 3 is 2.60 bits per heavy atom. The first kappa shape index (κ1) is 14.6. The number of rotatable bonds is 5. The number of halogens is 1. The van der Waals surface area contributed by atoms with Crippen molar-refractivity contribution in [2.75, 3.05) is 14.1 Å². The third kappa shape index (κ3) is 4.34. The average Bonchev–Trinajstić information content (AvgIpc) is 2.61. The molecule has 0 amide bonds. The molecule has 1 rings (SSSR count). The first-order valence-corrected chi connectivity index (χ1v) is 5.38. The molecule has 0 radical (unpaired) electrons. The fourth-order valence-electron chi connectivity index (χ4n) is 1.37. The molecule has 0 N–H and O–H groups in total. The van der Waals surface area contributed by atoms with E-state index in [9.17, 15) is 0 Å². The lowest BCUT2D eigenvalue weighted by molar-refractivity contribution is -0.738. The van der Waals surface area contributed by atoms with Crippen LogP contribution in [0.15, 0.2) is 18.7 Å². The van der Waals surface area contributed by atoms with Crippen molar-refractivity contribution in [2.45, 2.75) is 39.4 Å². The van der Waals surface area contributed by atoms with Gasteiger partial charge in [0.15, 0.2) is 6.17 Å². The van der Waals surface area contributed by atoms with Gasteiger partial charge in [0, 0.05) is 0 Å². The predicted octanol–water partition coefficient (Wildman–Crippen LogP) is -1.34. The van der Waals surface area contributed by atoms with E-state index >= 15 is 0 Å². The summed E-state index contributed by atoms with van der Waals surface area (Å²) in [6, 6.07) is 0. The highest BCUT2D eigenvalue weighted by atomic mass is 79.9. The Kier molecular flexibility index (Phi) is 6.85. The lowest BCUT2D eigenvalue weighted by Gasteiger charge is -2.15. The molecular formula is C11H22BrN3. The molecule has 0 saturated carbocycles. The van der Waals surface area contributed by atoms with Gasteiger partial charge in [0.2, 0.25) is 6.33 Å².